The Labute approximate surface area is 284 Å². The van der Waals surface area contributed by atoms with E-state index < -0.39 is 34.3 Å². The maximum atomic E-state index is 14.5. The third-order valence-corrected chi connectivity index (χ3v) is 9.97. The highest BCUT2D eigenvalue weighted by molar-refractivity contribution is 9.10. The molecule has 2 atom stereocenters. The number of sulfonamides is 1. The molecule has 0 saturated carbocycles. The minimum absolute atomic E-state index is 0.0396. The van der Waals surface area contributed by atoms with Gasteiger partial charge in [-0.05, 0) is 92.1 Å². The van der Waals surface area contributed by atoms with Crippen LogP contribution in [0.5, 0.6) is 5.75 Å². The van der Waals surface area contributed by atoms with E-state index in [1.165, 1.54) is 41.3 Å². The molecule has 0 aromatic heterocycles. The van der Waals surface area contributed by atoms with E-state index in [0.717, 1.165) is 32.0 Å². The number of hydrogen-bond donors (Lipinski definition) is 1. The van der Waals surface area contributed by atoms with Crippen molar-refractivity contribution in [3.05, 3.63) is 125 Å². The Kier molecular flexibility index (Phi) is 12.6. The Bertz CT molecular complexity index is 1720. The van der Waals surface area contributed by atoms with Gasteiger partial charge in [0, 0.05) is 23.5 Å². The zero-order valence-electron chi connectivity index (χ0n) is 26.6. The summed E-state index contributed by atoms with van der Waals surface area (Å²) in [6.07, 6.45) is 0.886. The van der Waals surface area contributed by atoms with Gasteiger partial charge in [0.1, 0.15) is 24.2 Å². The van der Waals surface area contributed by atoms with Crippen molar-refractivity contribution in [1.29, 1.82) is 0 Å². The van der Waals surface area contributed by atoms with Crippen LogP contribution in [-0.2, 0) is 32.6 Å². The molecule has 11 heteroatoms. The van der Waals surface area contributed by atoms with Crippen LogP contribution < -0.4 is 14.4 Å². The van der Waals surface area contributed by atoms with Crippen LogP contribution in [0.15, 0.2) is 112 Å². The first-order chi connectivity index (χ1) is 22.5. The number of nitrogens with zero attached hydrogens (tertiary/aromatic N) is 2. The van der Waals surface area contributed by atoms with Gasteiger partial charge in [0.25, 0.3) is 10.0 Å². The second-order valence-electron chi connectivity index (χ2n) is 11.1. The van der Waals surface area contributed by atoms with Crippen LogP contribution in [0.1, 0.15) is 38.3 Å². The number of anilines is 1. The highest BCUT2D eigenvalue weighted by atomic mass is 79.9. The van der Waals surface area contributed by atoms with Crippen LogP contribution in [0.3, 0.4) is 0 Å². The molecule has 0 spiro atoms. The maximum absolute atomic E-state index is 14.5. The molecular weight excluding hydrogens is 685 g/mol. The lowest BCUT2D eigenvalue weighted by molar-refractivity contribution is -0.140. The van der Waals surface area contributed by atoms with E-state index in [9.17, 15) is 22.4 Å². The minimum atomic E-state index is -4.33. The van der Waals surface area contributed by atoms with E-state index in [1.54, 1.807) is 0 Å². The van der Waals surface area contributed by atoms with Crippen LogP contribution in [0.4, 0.5) is 10.1 Å². The summed E-state index contributed by atoms with van der Waals surface area (Å²) in [7, 11) is -4.33. The Morgan fingerprint density at radius 1 is 0.872 bits per heavy atom. The molecule has 0 saturated heterocycles. The van der Waals surface area contributed by atoms with Gasteiger partial charge in [-0.1, -0.05) is 65.3 Å². The normalized spacial score (nSPS) is 12.5. The van der Waals surface area contributed by atoms with E-state index in [2.05, 4.69) is 21.2 Å². The van der Waals surface area contributed by atoms with Gasteiger partial charge in [0.15, 0.2) is 0 Å². The zero-order valence-corrected chi connectivity index (χ0v) is 29.0. The molecule has 0 unspecified atom stereocenters. The second kappa shape index (κ2) is 16.6. The molecule has 4 aromatic carbocycles. The van der Waals surface area contributed by atoms with Crippen molar-refractivity contribution in [2.75, 3.05) is 17.5 Å². The van der Waals surface area contributed by atoms with Crippen molar-refractivity contribution in [2.24, 2.45) is 0 Å². The zero-order chi connectivity index (χ0) is 34.0. The van der Waals surface area contributed by atoms with Gasteiger partial charge >= 0.3 is 0 Å². The summed E-state index contributed by atoms with van der Waals surface area (Å²) in [5.41, 5.74) is 1.68. The molecule has 1 N–H and O–H groups in total. The average molecular weight is 725 g/mol. The van der Waals surface area contributed by atoms with Crippen molar-refractivity contribution in [1.82, 2.24) is 10.2 Å². The van der Waals surface area contributed by atoms with Crippen molar-refractivity contribution in [2.45, 2.75) is 57.1 Å². The van der Waals surface area contributed by atoms with Crippen LogP contribution in [0.25, 0.3) is 0 Å². The number of nitrogens with one attached hydrogen (secondary N) is 1. The lowest BCUT2D eigenvalue weighted by atomic mass is 10.0. The van der Waals surface area contributed by atoms with Gasteiger partial charge in [-0.2, -0.15) is 0 Å². The number of carbonyl (C=O) groups excluding carboxylic acids is 2. The van der Waals surface area contributed by atoms with E-state index >= 15 is 0 Å². The molecule has 8 nitrogen and oxygen atoms in total. The summed E-state index contributed by atoms with van der Waals surface area (Å²) in [6.45, 7) is 5.47. The molecule has 0 radical (unpaired) electrons. The number of amides is 2. The smallest absolute Gasteiger partial charge is 0.264 e. The van der Waals surface area contributed by atoms with Crippen molar-refractivity contribution in [3.63, 3.8) is 0 Å². The molecule has 47 heavy (non-hydrogen) atoms. The van der Waals surface area contributed by atoms with Gasteiger partial charge in [-0.25, -0.2) is 12.8 Å². The third-order valence-electron chi connectivity index (χ3n) is 7.65. The number of rotatable bonds is 15. The minimum Gasteiger partial charge on any atom is -0.494 e. The van der Waals surface area contributed by atoms with Gasteiger partial charge in [-0.15, -0.1) is 0 Å². The first kappa shape index (κ1) is 35.6. The first-order valence-corrected chi connectivity index (χ1v) is 17.6. The van der Waals surface area contributed by atoms with Crippen molar-refractivity contribution >= 4 is 43.5 Å². The van der Waals surface area contributed by atoms with Crippen LogP contribution in [0, 0.1) is 5.82 Å². The highest BCUT2D eigenvalue weighted by Gasteiger charge is 2.35. The molecule has 0 aliphatic rings. The Balaban J connectivity index is 1.79. The first-order valence-electron chi connectivity index (χ1n) is 15.4. The average Bonchev–Trinajstić information content (AvgIpc) is 3.07. The number of ether oxygens (including phenoxy) is 1. The van der Waals surface area contributed by atoms with Crippen molar-refractivity contribution in [3.8, 4) is 5.75 Å². The summed E-state index contributed by atoms with van der Waals surface area (Å²) in [4.78, 5) is 29.8. The molecule has 0 bridgehead atoms. The van der Waals surface area contributed by atoms with Crippen LogP contribution in [-0.4, -0.2) is 50.4 Å². The van der Waals surface area contributed by atoms with E-state index in [1.807, 2.05) is 75.4 Å². The third kappa shape index (κ3) is 9.65. The Hall–Kier alpha value is -4.22. The highest BCUT2D eigenvalue weighted by Crippen LogP contribution is 2.27. The fourth-order valence-electron chi connectivity index (χ4n) is 4.92. The molecule has 0 fully saturated rings. The fraction of sp³-hybridized carbons (Fsp3) is 0.278. The summed E-state index contributed by atoms with van der Waals surface area (Å²) in [5.74, 6) is -1.02. The quantitative estimate of drug-likeness (QED) is 0.147. The molecule has 248 valence electrons. The number of carbonyl (C=O) groups is 2. The van der Waals surface area contributed by atoms with E-state index in [-0.39, 0.29) is 35.5 Å². The summed E-state index contributed by atoms with van der Waals surface area (Å²) in [6, 6.07) is 26.4. The second-order valence-corrected chi connectivity index (χ2v) is 13.8. The molecule has 4 aromatic rings. The standard InChI is InChI=1S/C36H39BrFN3O5S/c1-4-26(3)39-36(43)34(23-27-9-7-6-8-10-27)40(24-28-11-13-29(37)14-12-28)35(42)25-41(31-17-15-30(38)16-18-31)47(44,45)33-21-19-32(20-22-33)46-5-2/h6-22,26,34H,4-5,23-25H2,1-3H3,(H,39,43)/t26-,34-/m0/s1. The maximum Gasteiger partial charge on any atom is 0.264 e. The molecule has 0 aliphatic heterocycles. The monoisotopic (exact) mass is 723 g/mol. The molecular formula is C36H39BrFN3O5S. The van der Waals surface area contributed by atoms with Crippen molar-refractivity contribution < 1.29 is 27.1 Å². The van der Waals surface area contributed by atoms with Gasteiger partial charge in [0.2, 0.25) is 11.8 Å². The summed E-state index contributed by atoms with van der Waals surface area (Å²) >= 11 is 3.44. The molecule has 0 aliphatic carbocycles. The number of benzene rings is 4. The lowest BCUT2D eigenvalue weighted by Crippen LogP contribution is -2.54. The van der Waals surface area contributed by atoms with E-state index in [4.69, 9.17) is 4.74 Å². The van der Waals surface area contributed by atoms with Gasteiger partial charge < -0.3 is 15.0 Å². The fourth-order valence-corrected chi connectivity index (χ4v) is 6.60. The number of hydrogen-bond acceptors (Lipinski definition) is 5. The Morgan fingerprint density at radius 3 is 2.11 bits per heavy atom. The Morgan fingerprint density at radius 2 is 1.51 bits per heavy atom. The van der Waals surface area contributed by atoms with Gasteiger partial charge in [0.05, 0.1) is 17.2 Å². The summed E-state index contributed by atoms with van der Waals surface area (Å²) in [5, 5.41) is 3.02. The van der Waals surface area contributed by atoms with Gasteiger partial charge in [-0.3, -0.25) is 13.9 Å². The SMILES string of the molecule is CCOc1ccc(S(=O)(=O)N(CC(=O)N(Cc2ccc(Br)cc2)[C@@H](Cc2ccccc2)C(=O)N[C@@H](C)CC)c2ccc(F)cc2)cc1. The predicted octanol–water partition coefficient (Wildman–Crippen LogP) is 6.74. The molecule has 2 amide bonds. The molecule has 0 heterocycles. The topological polar surface area (TPSA) is 96.0 Å². The largest absolute Gasteiger partial charge is 0.494 e. The van der Waals surface area contributed by atoms with Crippen LogP contribution in [0.2, 0.25) is 0 Å². The lowest BCUT2D eigenvalue weighted by Gasteiger charge is -2.34. The predicted molar refractivity (Wildman–Crippen MR) is 185 cm³/mol. The van der Waals surface area contributed by atoms with Crippen LogP contribution >= 0.6 is 15.9 Å². The molecule has 4 rings (SSSR count). The summed E-state index contributed by atoms with van der Waals surface area (Å²) < 4.78 is 49.6. The number of halogens is 2. The van der Waals surface area contributed by atoms with E-state index in [0.29, 0.717) is 18.8 Å².